The molecule has 3 N–H and O–H groups in total. The summed E-state index contributed by atoms with van der Waals surface area (Å²) in [4.78, 5) is 5.11. The largest absolute Gasteiger partial charge is 0.488 e. The summed E-state index contributed by atoms with van der Waals surface area (Å²) in [7, 11) is 0. The molecule has 0 atom stereocenters. The number of hydrogen-bond acceptors (Lipinski definition) is 5. The van der Waals surface area contributed by atoms with E-state index >= 15 is 0 Å². The van der Waals surface area contributed by atoms with Gasteiger partial charge in [-0.3, -0.25) is 5.43 Å². The number of thiazole rings is 1. The number of nitrogen functional groups attached to an aromatic ring is 1. The molecule has 2 rings (SSSR count). The van der Waals surface area contributed by atoms with E-state index in [0.29, 0.717) is 11.7 Å². The Bertz CT molecular complexity index is 515. The second-order valence-corrected chi connectivity index (χ2v) is 5.51. The molecular formula is C11H12BrN3OS. The zero-order chi connectivity index (χ0) is 12.3. The van der Waals surface area contributed by atoms with Gasteiger partial charge in [0.25, 0.3) is 0 Å². The number of aryl methyl sites for hydroxylation is 1. The van der Waals surface area contributed by atoms with E-state index in [-0.39, 0.29) is 0 Å². The fourth-order valence-electron chi connectivity index (χ4n) is 1.32. The third-order valence-electron chi connectivity index (χ3n) is 2.20. The molecule has 0 fully saturated rings. The van der Waals surface area contributed by atoms with Crippen LogP contribution < -0.4 is 16.0 Å². The zero-order valence-electron chi connectivity index (χ0n) is 9.24. The summed E-state index contributed by atoms with van der Waals surface area (Å²) >= 11 is 4.90. The molecule has 1 heterocycles. The average Bonchev–Trinajstić information content (AvgIpc) is 2.78. The number of hydrazine groups is 1. The molecule has 0 aliphatic carbocycles. The number of aromatic nitrogens is 1. The van der Waals surface area contributed by atoms with Gasteiger partial charge in [0.1, 0.15) is 12.4 Å². The van der Waals surface area contributed by atoms with Crippen LogP contribution >= 0.6 is 27.3 Å². The molecule has 0 saturated carbocycles. The van der Waals surface area contributed by atoms with Gasteiger partial charge in [-0.2, -0.15) is 0 Å². The van der Waals surface area contributed by atoms with Crippen LogP contribution in [0, 0.1) is 6.92 Å². The molecule has 90 valence electrons. The maximum absolute atomic E-state index is 5.73. The average molecular weight is 314 g/mol. The highest BCUT2D eigenvalue weighted by atomic mass is 79.9. The van der Waals surface area contributed by atoms with Gasteiger partial charge in [-0.1, -0.05) is 33.3 Å². The van der Waals surface area contributed by atoms with Gasteiger partial charge in [0.2, 0.25) is 0 Å². The van der Waals surface area contributed by atoms with Crippen LogP contribution in [0.25, 0.3) is 0 Å². The molecule has 0 aliphatic heterocycles. The number of nitrogens with one attached hydrogen (secondary N) is 1. The minimum absolute atomic E-state index is 0.497. The van der Waals surface area contributed by atoms with Crippen molar-refractivity contribution in [1.29, 1.82) is 0 Å². The van der Waals surface area contributed by atoms with E-state index in [1.807, 2.05) is 25.1 Å². The smallest absolute Gasteiger partial charge is 0.197 e. The third-order valence-corrected chi connectivity index (χ3v) is 3.59. The molecule has 6 heteroatoms. The summed E-state index contributed by atoms with van der Waals surface area (Å²) < 4.78 is 6.74. The number of halogens is 1. The minimum Gasteiger partial charge on any atom is -0.488 e. The van der Waals surface area contributed by atoms with Crippen molar-refractivity contribution in [3.05, 3.63) is 39.3 Å². The molecule has 0 saturated heterocycles. The van der Waals surface area contributed by atoms with E-state index in [1.54, 1.807) is 6.20 Å². The van der Waals surface area contributed by atoms with E-state index in [2.05, 4.69) is 26.3 Å². The maximum atomic E-state index is 5.73. The van der Waals surface area contributed by atoms with Crippen molar-refractivity contribution < 1.29 is 4.74 Å². The normalized spacial score (nSPS) is 10.3. The lowest BCUT2D eigenvalue weighted by Gasteiger charge is -2.07. The van der Waals surface area contributed by atoms with Gasteiger partial charge in [-0.15, -0.1) is 0 Å². The molecule has 1 aromatic carbocycles. The van der Waals surface area contributed by atoms with E-state index in [9.17, 15) is 0 Å². The topological polar surface area (TPSA) is 60.2 Å². The maximum Gasteiger partial charge on any atom is 0.197 e. The highest BCUT2D eigenvalue weighted by Gasteiger charge is 2.04. The summed E-state index contributed by atoms with van der Waals surface area (Å²) in [6, 6.07) is 5.96. The van der Waals surface area contributed by atoms with Gasteiger partial charge >= 0.3 is 0 Å². The SMILES string of the molecule is Cc1ccc(Br)cc1OCc1cnc(NN)s1. The van der Waals surface area contributed by atoms with Gasteiger partial charge < -0.3 is 4.74 Å². The Morgan fingerprint density at radius 1 is 1.53 bits per heavy atom. The summed E-state index contributed by atoms with van der Waals surface area (Å²) in [6.45, 7) is 2.51. The molecule has 0 spiro atoms. The minimum atomic E-state index is 0.497. The van der Waals surface area contributed by atoms with Crippen molar-refractivity contribution in [2.24, 2.45) is 5.84 Å². The van der Waals surface area contributed by atoms with Crippen LogP contribution in [0.15, 0.2) is 28.9 Å². The Balaban J connectivity index is 2.04. The van der Waals surface area contributed by atoms with E-state index in [1.165, 1.54) is 11.3 Å². The van der Waals surface area contributed by atoms with Crippen LogP contribution in [0.1, 0.15) is 10.4 Å². The summed E-state index contributed by atoms with van der Waals surface area (Å²) in [5, 5.41) is 0.689. The van der Waals surface area contributed by atoms with E-state index in [0.717, 1.165) is 20.7 Å². The van der Waals surface area contributed by atoms with Crippen LogP contribution in [0.5, 0.6) is 5.75 Å². The molecule has 0 bridgehead atoms. The van der Waals surface area contributed by atoms with Crippen molar-refractivity contribution in [2.75, 3.05) is 5.43 Å². The molecule has 0 aliphatic rings. The Hall–Kier alpha value is -1.11. The van der Waals surface area contributed by atoms with Crippen LogP contribution in [-0.2, 0) is 6.61 Å². The monoisotopic (exact) mass is 313 g/mol. The fraction of sp³-hybridized carbons (Fsp3) is 0.182. The number of benzene rings is 1. The Labute approximate surface area is 112 Å². The van der Waals surface area contributed by atoms with Gasteiger partial charge in [0.15, 0.2) is 5.13 Å². The predicted octanol–water partition coefficient (Wildman–Crippen LogP) is 3.08. The number of nitrogens with two attached hydrogens (primary N) is 1. The number of anilines is 1. The van der Waals surface area contributed by atoms with Crippen LogP contribution in [0.2, 0.25) is 0 Å². The summed E-state index contributed by atoms with van der Waals surface area (Å²) in [6.07, 6.45) is 1.76. The fourth-order valence-corrected chi connectivity index (χ4v) is 2.30. The van der Waals surface area contributed by atoms with Gasteiger partial charge in [-0.25, -0.2) is 10.8 Å². The number of rotatable bonds is 4. The quantitative estimate of drug-likeness (QED) is 0.672. The highest BCUT2D eigenvalue weighted by molar-refractivity contribution is 9.10. The van der Waals surface area contributed by atoms with Crippen molar-refractivity contribution in [3.63, 3.8) is 0 Å². The first-order chi connectivity index (χ1) is 8.19. The molecule has 0 amide bonds. The molecule has 0 radical (unpaired) electrons. The lowest BCUT2D eigenvalue weighted by Crippen LogP contribution is -2.05. The van der Waals surface area contributed by atoms with Crippen molar-refractivity contribution >= 4 is 32.4 Å². The third kappa shape index (κ3) is 3.18. The number of hydrogen-bond donors (Lipinski definition) is 2. The first-order valence-electron chi connectivity index (χ1n) is 4.99. The Kier molecular flexibility index (Phi) is 3.98. The molecule has 1 aromatic heterocycles. The second-order valence-electron chi connectivity index (χ2n) is 3.47. The van der Waals surface area contributed by atoms with E-state index < -0.39 is 0 Å². The first kappa shape index (κ1) is 12.3. The molecule has 2 aromatic rings. The van der Waals surface area contributed by atoms with Gasteiger partial charge in [0, 0.05) is 10.7 Å². The standard InChI is InChI=1S/C11H12BrN3OS/c1-7-2-3-8(12)4-10(7)16-6-9-5-14-11(15-13)17-9/h2-5H,6,13H2,1H3,(H,14,15). The van der Waals surface area contributed by atoms with Crippen molar-refractivity contribution in [2.45, 2.75) is 13.5 Å². The zero-order valence-corrected chi connectivity index (χ0v) is 11.6. The van der Waals surface area contributed by atoms with Crippen LogP contribution in [0.3, 0.4) is 0 Å². The Morgan fingerprint density at radius 2 is 2.35 bits per heavy atom. The number of ether oxygens (including phenoxy) is 1. The number of nitrogens with zero attached hydrogens (tertiary/aromatic N) is 1. The van der Waals surface area contributed by atoms with Crippen LogP contribution in [0.4, 0.5) is 5.13 Å². The highest BCUT2D eigenvalue weighted by Crippen LogP contribution is 2.25. The molecule has 17 heavy (non-hydrogen) atoms. The predicted molar refractivity (Wildman–Crippen MR) is 73.1 cm³/mol. The summed E-state index contributed by atoms with van der Waals surface area (Å²) in [5.74, 6) is 6.14. The second kappa shape index (κ2) is 5.48. The van der Waals surface area contributed by atoms with Gasteiger partial charge in [0.05, 0.1) is 4.88 Å². The van der Waals surface area contributed by atoms with Crippen molar-refractivity contribution in [3.8, 4) is 5.75 Å². The van der Waals surface area contributed by atoms with Crippen LogP contribution in [-0.4, -0.2) is 4.98 Å². The lowest BCUT2D eigenvalue weighted by molar-refractivity contribution is 0.307. The summed E-state index contributed by atoms with van der Waals surface area (Å²) in [5.41, 5.74) is 3.62. The molecular weight excluding hydrogens is 302 g/mol. The molecule has 4 nitrogen and oxygen atoms in total. The van der Waals surface area contributed by atoms with E-state index in [4.69, 9.17) is 10.6 Å². The van der Waals surface area contributed by atoms with Crippen molar-refractivity contribution in [1.82, 2.24) is 4.98 Å². The Morgan fingerprint density at radius 3 is 3.06 bits per heavy atom. The lowest BCUT2D eigenvalue weighted by atomic mass is 10.2. The van der Waals surface area contributed by atoms with Gasteiger partial charge in [-0.05, 0) is 24.6 Å². The molecule has 0 unspecified atom stereocenters. The first-order valence-corrected chi connectivity index (χ1v) is 6.60.